The molecule has 0 saturated heterocycles. The predicted octanol–water partition coefficient (Wildman–Crippen LogP) is 3.06. The quantitative estimate of drug-likeness (QED) is 0.547. The first kappa shape index (κ1) is 14.1. The second kappa shape index (κ2) is 6.26. The molecule has 0 saturated carbocycles. The van der Waals surface area contributed by atoms with Gasteiger partial charge in [-0.05, 0) is 12.1 Å². The van der Waals surface area contributed by atoms with Crippen LogP contribution in [0.4, 0.5) is 4.39 Å². The zero-order valence-electron chi connectivity index (χ0n) is 11.8. The first-order valence-corrected chi connectivity index (χ1v) is 6.92. The number of hydrogen-bond acceptors (Lipinski definition) is 2. The van der Waals surface area contributed by atoms with Gasteiger partial charge < -0.3 is 0 Å². The van der Waals surface area contributed by atoms with Gasteiger partial charge in [0.15, 0.2) is 6.20 Å². The highest BCUT2D eigenvalue weighted by atomic mass is 19.1. The Bertz CT molecular complexity index is 803. The third-order valence-electron chi connectivity index (χ3n) is 3.40. The Hall–Kier alpha value is -2.88. The molecule has 3 rings (SSSR count). The average molecular weight is 293 g/mol. The summed E-state index contributed by atoms with van der Waals surface area (Å²) in [6.07, 6.45) is 4.84. The van der Waals surface area contributed by atoms with Crippen molar-refractivity contribution in [3.05, 3.63) is 84.6 Å². The van der Waals surface area contributed by atoms with Crippen molar-refractivity contribution in [1.29, 1.82) is 0 Å². The van der Waals surface area contributed by atoms with Crippen LogP contribution in [0.3, 0.4) is 0 Å². The monoisotopic (exact) mass is 293 g/mol. The lowest BCUT2D eigenvalue weighted by atomic mass is 10.1. The zero-order chi connectivity index (χ0) is 15.4. The van der Waals surface area contributed by atoms with Crippen LogP contribution in [0.15, 0.2) is 73.2 Å². The van der Waals surface area contributed by atoms with Crippen LogP contribution in [-0.2, 0) is 6.54 Å². The van der Waals surface area contributed by atoms with E-state index in [1.807, 2.05) is 18.2 Å². The Balaban J connectivity index is 1.96. The lowest BCUT2D eigenvalue weighted by molar-refractivity contribution is -0.672. The molecule has 2 aromatic carbocycles. The van der Waals surface area contributed by atoms with Gasteiger partial charge in [0, 0.05) is 5.56 Å². The Labute approximate surface area is 127 Å². The van der Waals surface area contributed by atoms with Crippen molar-refractivity contribution >= 4 is 5.78 Å². The maximum Gasteiger partial charge on any atom is 0.234 e. The molecular weight excluding hydrogens is 279 g/mol. The molecule has 0 bridgehead atoms. The molecular formula is C18H14FN2O+. The maximum atomic E-state index is 14.0. The smallest absolute Gasteiger partial charge is 0.234 e. The van der Waals surface area contributed by atoms with Crippen molar-refractivity contribution in [2.75, 3.05) is 0 Å². The summed E-state index contributed by atoms with van der Waals surface area (Å²) in [5.41, 5.74) is 1.63. The Kier molecular flexibility index (Phi) is 4.01. The zero-order valence-corrected chi connectivity index (χ0v) is 11.8. The number of benzene rings is 2. The van der Waals surface area contributed by atoms with Crippen molar-refractivity contribution in [3.63, 3.8) is 0 Å². The molecule has 0 amide bonds. The van der Waals surface area contributed by atoms with Crippen molar-refractivity contribution in [2.24, 2.45) is 0 Å². The van der Waals surface area contributed by atoms with Crippen LogP contribution < -0.4 is 4.57 Å². The molecule has 108 valence electrons. The van der Waals surface area contributed by atoms with Gasteiger partial charge in [-0.2, -0.15) is 4.57 Å². The lowest BCUT2D eigenvalue weighted by Crippen LogP contribution is -2.40. The number of halogens is 1. The number of carbonyl (C=O) groups is 1. The molecule has 0 N–H and O–H groups in total. The minimum Gasteiger partial charge on any atom is -0.287 e. The predicted molar refractivity (Wildman–Crippen MR) is 80.6 cm³/mol. The number of aromatic nitrogens is 2. The third kappa shape index (κ3) is 2.91. The van der Waals surface area contributed by atoms with Gasteiger partial charge in [-0.3, -0.25) is 9.78 Å². The Morgan fingerprint density at radius 3 is 2.55 bits per heavy atom. The van der Waals surface area contributed by atoms with Crippen LogP contribution in [0, 0.1) is 5.82 Å². The molecule has 3 nitrogen and oxygen atoms in total. The van der Waals surface area contributed by atoms with Crippen molar-refractivity contribution in [1.82, 2.24) is 4.98 Å². The topological polar surface area (TPSA) is 33.8 Å². The first-order valence-electron chi connectivity index (χ1n) is 6.92. The number of nitrogens with zero attached hydrogens (tertiary/aromatic N) is 2. The lowest BCUT2D eigenvalue weighted by Gasteiger charge is -2.04. The van der Waals surface area contributed by atoms with E-state index in [0.717, 1.165) is 0 Å². The Morgan fingerprint density at radius 1 is 1.05 bits per heavy atom. The summed E-state index contributed by atoms with van der Waals surface area (Å²) < 4.78 is 15.7. The van der Waals surface area contributed by atoms with Crippen LogP contribution >= 0.6 is 0 Å². The summed E-state index contributed by atoms with van der Waals surface area (Å²) in [4.78, 5) is 16.4. The minimum atomic E-state index is -0.337. The van der Waals surface area contributed by atoms with Gasteiger partial charge in [-0.15, -0.1) is 0 Å². The van der Waals surface area contributed by atoms with Gasteiger partial charge in [0.2, 0.25) is 18.0 Å². The molecule has 0 radical (unpaired) electrons. The van der Waals surface area contributed by atoms with Gasteiger partial charge in [0.05, 0.1) is 18.0 Å². The first-order chi connectivity index (χ1) is 10.8. The van der Waals surface area contributed by atoms with E-state index in [1.165, 1.54) is 6.07 Å². The maximum absolute atomic E-state index is 14.0. The highest BCUT2D eigenvalue weighted by molar-refractivity contribution is 5.95. The molecule has 0 aliphatic rings. The number of rotatable bonds is 4. The van der Waals surface area contributed by atoms with Crippen molar-refractivity contribution < 1.29 is 13.8 Å². The Morgan fingerprint density at radius 2 is 1.77 bits per heavy atom. The standard InChI is InChI=1S/C18H14FN2O/c19-16-9-5-4-8-15(16)17-12-20-10-11-21(17)13-18(22)14-6-2-1-3-7-14/h1-12H,13H2/q+1. The minimum absolute atomic E-state index is 0.0330. The second-order valence-corrected chi connectivity index (χ2v) is 4.86. The molecule has 0 aliphatic heterocycles. The van der Waals surface area contributed by atoms with E-state index in [2.05, 4.69) is 4.98 Å². The number of hydrogen-bond donors (Lipinski definition) is 0. The van der Waals surface area contributed by atoms with Crippen LogP contribution in [0.1, 0.15) is 10.4 Å². The summed E-state index contributed by atoms with van der Waals surface area (Å²) in [7, 11) is 0. The number of carbonyl (C=O) groups excluding carboxylic acids is 1. The van der Waals surface area contributed by atoms with Crippen molar-refractivity contribution in [2.45, 2.75) is 6.54 Å². The number of Topliss-reactive ketones (excluding diaryl/α,β-unsaturated/α-hetero) is 1. The molecule has 1 heterocycles. The summed E-state index contributed by atoms with van der Waals surface area (Å²) in [5, 5.41) is 0. The van der Waals surface area contributed by atoms with Crippen LogP contribution in [-0.4, -0.2) is 10.8 Å². The molecule has 0 spiro atoms. The average Bonchev–Trinajstić information content (AvgIpc) is 2.57. The second-order valence-electron chi connectivity index (χ2n) is 4.86. The van der Waals surface area contributed by atoms with Crippen molar-refractivity contribution in [3.8, 4) is 11.3 Å². The molecule has 3 aromatic rings. The number of ketones is 1. The fraction of sp³-hybridized carbons (Fsp3) is 0.0556. The normalized spacial score (nSPS) is 10.4. The summed E-state index contributed by atoms with van der Waals surface area (Å²) >= 11 is 0. The van der Waals surface area contributed by atoms with E-state index in [-0.39, 0.29) is 18.1 Å². The summed E-state index contributed by atoms with van der Waals surface area (Å²) in [6, 6.07) is 15.5. The fourth-order valence-corrected chi connectivity index (χ4v) is 2.29. The van der Waals surface area contributed by atoms with E-state index in [9.17, 15) is 9.18 Å². The largest absolute Gasteiger partial charge is 0.287 e. The third-order valence-corrected chi connectivity index (χ3v) is 3.40. The molecule has 1 aromatic heterocycles. The molecule has 0 aliphatic carbocycles. The van der Waals surface area contributed by atoms with Crippen LogP contribution in [0.25, 0.3) is 11.3 Å². The van der Waals surface area contributed by atoms with Gasteiger partial charge in [0.25, 0.3) is 0 Å². The van der Waals surface area contributed by atoms with Gasteiger partial charge >= 0.3 is 0 Å². The highest BCUT2D eigenvalue weighted by Gasteiger charge is 2.20. The summed E-state index contributed by atoms with van der Waals surface area (Å²) in [5.74, 6) is -0.370. The molecule has 0 atom stereocenters. The van der Waals surface area contributed by atoms with Crippen LogP contribution in [0.2, 0.25) is 0 Å². The molecule has 22 heavy (non-hydrogen) atoms. The van der Waals surface area contributed by atoms with Gasteiger partial charge in [-0.25, -0.2) is 4.39 Å². The van der Waals surface area contributed by atoms with Gasteiger partial charge in [-0.1, -0.05) is 42.5 Å². The fourth-order valence-electron chi connectivity index (χ4n) is 2.29. The van der Waals surface area contributed by atoms with E-state index in [0.29, 0.717) is 16.8 Å². The van der Waals surface area contributed by atoms with E-state index in [1.54, 1.807) is 53.5 Å². The molecule has 4 heteroatoms. The van der Waals surface area contributed by atoms with E-state index in [4.69, 9.17) is 0 Å². The SMILES string of the molecule is O=C(C[n+]1ccncc1-c1ccccc1F)c1ccccc1. The van der Waals surface area contributed by atoms with Gasteiger partial charge in [0.1, 0.15) is 5.82 Å². The molecule has 0 fully saturated rings. The van der Waals surface area contributed by atoms with E-state index >= 15 is 0 Å². The highest BCUT2D eigenvalue weighted by Crippen LogP contribution is 2.18. The van der Waals surface area contributed by atoms with Crippen LogP contribution in [0.5, 0.6) is 0 Å². The molecule has 0 unspecified atom stereocenters. The summed E-state index contributed by atoms with van der Waals surface area (Å²) in [6.45, 7) is 0.135. The van der Waals surface area contributed by atoms with E-state index < -0.39 is 0 Å².